The zero-order valence-electron chi connectivity index (χ0n) is 44.8. The molecule has 0 N–H and O–H groups in total. The normalized spacial score (nSPS) is 12.9. The van der Waals surface area contributed by atoms with E-state index in [1.807, 2.05) is 0 Å². The molecule has 0 bridgehead atoms. The van der Waals surface area contributed by atoms with Gasteiger partial charge >= 0.3 is 17.9 Å². The van der Waals surface area contributed by atoms with E-state index in [2.05, 4.69) is 130 Å². The van der Waals surface area contributed by atoms with Crippen LogP contribution in [0.2, 0.25) is 0 Å². The Hall–Kier alpha value is -3.93. The fraction of sp³-hybridized carbons (Fsp3) is 0.667. The maximum atomic E-state index is 12.8. The van der Waals surface area contributed by atoms with Gasteiger partial charge in [0.15, 0.2) is 6.10 Å². The first-order valence-corrected chi connectivity index (χ1v) is 28.4. The van der Waals surface area contributed by atoms with Gasteiger partial charge in [-0.05, 0) is 128 Å². The molecule has 0 saturated heterocycles. The molecule has 0 aromatic rings. The number of carbonyl (C=O) groups excluding carboxylic acids is 3. The highest BCUT2D eigenvalue weighted by atomic mass is 16.6. The molecule has 6 nitrogen and oxygen atoms in total. The highest BCUT2D eigenvalue weighted by Gasteiger charge is 2.19. The quantitative estimate of drug-likeness (QED) is 0.0262. The van der Waals surface area contributed by atoms with Crippen LogP contribution in [0, 0.1) is 0 Å². The smallest absolute Gasteiger partial charge is 0.306 e. The van der Waals surface area contributed by atoms with E-state index in [9.17, 15) is 14.4 Å². The van der Waals surface area contributed by atoms with Crippen LogP contribution < -0.4 is 0 Å². The Bertz CT molecular complexity index is 1420. The average molecular weight is 958 g/mol. The standard InChI is InChI=1S/C63H104O6/c1-4-7-10-13-16-19-22-25-28-30-31-33-35-38-41-44-47-50-53-56-62(65)68-59-60(58-67-61(64)55-52-49-46-43-40-37-34-27-24-21-18-15-12-9-6-3)69-63(66)57-54-51-48-45-42-39-36-32-29-26-23-20-17-14-11-8-5-2/h16-21,25-29,34,36,39-40,43,45,48,60H,4-15,22-24,30-33,35,37-38,41-42,44,46-47,49-59H2,1-3H3/b19-16-,20-17-,21-18-,28-25-,29-26-,34-27-,39-36-,43-40-,48-45-/t60-/m1/s1. The van der Waals surface area contributed by atoms with Gasteiger partial charge in [0.25, 0.3) is 0 Å². The molecule has 69 heavy (non-hydrogen) atoms. The van der Waals surface area contributed by atoms with Crippen LogP contribution in [0.5, 0.6) is 0 Å². The van der Waals surface area contributed by atoms with Gasteiger partial charge in [0.1, 0.15) is 13.2 Å². The largest absolute Gasteiger partial charge is 0.462 e. The Morgan fingerprint density at radius 2 is 0.536 bits per heavy atom. The van der Waals surface area contributed by atoms with Crippen molar-refractivity contribution in [2.45, 2.75) is 258 Å². The molecule has 0 rings (SSSR count). The number of hydrogen-bond acceptors (Lipinski definition) is 6. The molecule has 6 heteroatoms. The zero-order valence-corrected chi connectivity index (χ0v) is 44.8. The first-order valence-electron chi connectivity index (χ1n) is 28.4. The SMILES string of the molecule is CCCCC/C=C\C/C=C\C/C=C\C/C=C\CCCC(=O)O[C@H](COC(=O)CCCC/C=C\C/C=C\C/C=C\CCCCC)COC(=O)CCCCCCCCCCC/C=C\C/C=C\CCCCC. The third kappa shape index (κ3) is 54.9. The molecule has 0 spiro atoms. The predicted octanol–water partition coefficient (Wildman–Crippen LogP) is 19.1. The molecular formula is C63H104O6. The summed E-state index contributed by atoms with van der Waals surface area (Å²) in [6, 6.07) is 0. The molecule has 0 aliphatic rings. The van der Waals surface area contributed by atoms with E-state index in [1.165, 1.54) is 122 Å². The van der Waals surface area contributed by atoms with E-state index < -0.39 is 6.10 Å². The maximum absolute atomic E-state index is 12.8. The molecule has 0 fully saturated rings. The van der Waals surface area contributed by atoms with E-state index in [0.29, 0.717) is 25.7 Å². The van der Waals surface area contributed by atoms with Crippen molar-refractivity contribution in [2.24, 2.45) is 0 Å². The average Bonchev–Trinajstić information content (AvgIpc) is 3.35. The number of unbranched alkanes of at least 4 members (excludes halogenated alkanes) is 21. The van der Waals surface area contributed by atoms with E-state index in [1.54, 1.807) is 0 Å². The van der Waals surface area contributed by atoms with Gasteiger partial charge in [-0.25, -0.2) is 0 Å². The summed E-state index contributed by atoms with van der Waals surface area (Å²) in [4.78, 5) is 38.1. The summed E-state index contributed by atoms with van der Waals surface area (Å²) in [7, 11) is 0. The van der Waals surface area contributed by atoms with Gasteiger partial charge < -0.3 is 14.2 Å². The number of ether oxygens (including phenoxy) is 3. The van der Waals surface area contributed by atoms with Crippen molar-refractivity contribution in [1.29, 1.82) is 0 Å². The molecule has 0 aromatic carbocycles. The van der Waals surface area contributed by atoms with Gasteiger partial charge in [0, 0.05) is 19.3 Å². The van der Waals surface area contributed by atoms with Crippen LogP contribution in [0.3, 0.4) is 0 Å². The predicted molar refractivity (Wildman–Crippen MR) is 297 cm³/mol. The van der Waals surface area contributed by atoms with Crippen molar-refractivity contribution in [3.63, 3.8) is 0 Å². The van der Waals surface area contributed by atoms with Crippen molar-refractivity contribution in [3.05, 3.63) is 109 Å². The van der Waals surface area contributed by atoms with Crippen molar-refractivity contribution >= 4 is 17.9 Å². The summed E-state index contributed by atoms with van der Waals surface area (Å²) >= 11 is 0. The third-order valence-electron chi connectivity index (χ3n) is 11.7. The van der Waals surface area contributed by atoms with Crippen LogP contribution in [0.25, 0.3) is 0 Å². The lowest BCUT2D eigenvalue weighted by Crippen LogP contribution is -2.30. The number of esters is 3. The summed E-state index contributed by atoms with van der Waals surface area (Å²) in [5.74, 6) is -1.02. The van der Waals surface area contributed by atoms with E-state index in [-0.39, 0.29) is 37.5 Å². The topological polar surface area (TPSA) is 78.9 Å². The minimum absolute atomic E-state index is 0.116. The van der Waals surface area contributed by atoms with Crippen LogP contribution in [0.4, 0.5) is 0 Å². The highest BCUT2D eigenvalue weighted by Crippen LogP contribution is 2.13. The van der Waals surface area contributed by atoms with Crippen molar-refractivity contribution in [2.75, 3.05) is 13.2 Å². The summed E-state index contributed by atoms with van der Waals surface area (Å²) in [6.07, 6.45) is 76.5. The van der Waals surface area contributed by atoms with Gasteiger partial charge in [-0.15, -0.1) is 0 Å². The molecule has 0 saturated carbocycles. The fourth-order valence-electron chi connectivity index (χ4n) is 7.41. The van der Waals surface area contributed by atoms with Crippen LogP contribution in [-0.4, -0.2) is 37.2 Å². The highest BCUT2D eigenvalue weighted by molar-refractivity contribution is 5.71. The number of allylic oxidation sites excluding steroid dienone is 18. The van der Waals surface area contributed by atoms with Crippen molar-refractivity contribution in [3.8, 4) is 0 Å². The summed E-state index contributed by atoms with van der Waals surface area (Å²) < 4.78 is 16.8. The number of rotatable bonds is 50. The summed E-state index contributed by atoms with van der Waals surface area (Å²) in [5, 5.41) is 0. The third-order valence-corrected chi connectivity index (χ3v) is 11.7. The maximum Gasteiger partial charge on any atom is 0.306 e. The van der Waals surface area contributed by atoms with Gasteiger partial charge in [-0.1, -0.05) is 214 Å². The Morgan fingerprint density at radius 1 is 0.290 bits per heavy atom. The summed E-state index contributed by atoms with van der Waals surface area (Å²) in [5.41, 5.74) is 0. The number of hydrogen-bond donors (Lipinski definition) is 0. The Balaban J connectivity index is 4.53. The molecule has 0 radical (unpaired) electrons. The molecule has 0 aromatic heterocycles. The van der Waals surface area contributed by atoms with E-state index in [4.69, 9.17) is 14.2 Å². The molecule has 0 unspecified atom stereocenters. The minimum atomic E-state index is -0.826. The second kappa shape index (κ2) is 56.7. The molecule has 0 aliphatic heterocycles. The van der Waals surface area contributed by atoms with Gasteiger partial charge in [-0.3, -0.25) is 14.4 Å². The minimum Gasteiger partial charge on any atom is -0.462 e. The number of carbonyl (C=O) groups is 3. The molecule has 0 amide bonds. The van der Waals surface area contributed by atoms with E-state index >= 15 is 0 Å². The molecular weight excluding hydrogens is 853 g/mol. The fourth-order valence-corrected chi connectivity index (χ4v) is 7.41. The first kappa shape index (κ1) is 65.1. The Labute approximate surface area is 425 Å². The Kier molecular flexibility index (Phi) is 53.4. The van der Waals surface area contributed by atoms with E-state index in [0.717, 1.165) is 77.0 Å². The zero-order chi connectivity index (χ0) is 50.0. The lowest BCUT2D eigenvalue weighted by Gasteiger charge is -2.18. The lowest BCUT2D eigenvalue weighted by molar-refractivity contribution is -0.167. The van der Waals surface area contributed by atoms with Crippen LogP contribution >= 0.6 is 0 Å². The first-order chi connectivity index (χ1) is 34.0. The van der Waals surface area contributed by atoms with Crippen molar-refractivity contribution < 1.29 is 28.6 Å². The molecule has 1 atom stereocenters. The van der Waals surface area contributed by atoms with Gasteiger partial charge in [-0.2, -0.15) is 0 Å². The molecule has 392 valence electrons. The van der Waals surface area contributed by atoms with Crippen LogP contribution in [0.15, 0.2) is 109 Å². The second-order valence-corrected chi connectivity index (χ2v) is 18.5. The van der Waals surface area contributed by atoms with Crippen LogP contribution in [0.1, 0.15) is 252 Å². The second-order valence-electron chi connectivity index (χ2n) is 18.5. The molecule has 0 aliphatic carbocycles. The van der Waals surface area contributed by atoms with Crippen LogP contribution in [-0.2, 0) is 28.6 Å². The Morgan fingerprint density at radius 3 is 0.884 bits per heavy atom. The molecule has 0 heterocycles. The van der Waals surface area contributed by atoms with Gasteiger partial charge in [0.05, 0.1) is 0 Å². The lowest BCUT2D eigenvalue weighted by atomic mass is 10.1. The van der Waals surface area contributed by atoms with Crippen molar-refractivity contribution in [1.82, 2.24) is 0 Å². The monoisotopic (exact) mass is 957 g/mol. The summed E-state index contributed by atoms with van der Waals surface area (Å²) in [6.45, 7) is 6.47. The van der Waals surface area contributed by atoms with Gasteiger partial charge in [0.2, 0.25) is 0 Å².